The maximum atomic E-state index is 2.48. The van der Waals surface area contributed by atoms with Crippen LogP contribution in [-0.2, 0) is 16.2 Å². The third-order valence-corrected chi connectivity index (χ3v) is 14.5. The van der Waals surface area contributed by atoms with Crippen LogP contribution in [0, 0.1) is 0 Å². The molecule has 0 atom stereocenters. The van der Waals surface area contributed by atoms with Gasteiger partial charge in [-0.15, -0.1) is 0 Å². The molecule has 0 N–H and O–H groups in total. The van der Waals surface area contributed by atoms with Gasteiger partial charge in [0.25, 0.3) is 0 Å². The van der Waals surface area contributed by atoms with Gasteiger partial charge >= 0.3 is 0 Å². The highest BCUT2D eigenvalue weighted by Gasteiger charge is 2.38. The Morgan fingerprint density at radius 2 is 0.762 bits per heavy atom. The van der Waals surface area contributed by atoms with E-state index in [9.17, 15) is 0 Å². The maximum absolute atomic E-state index is 2.48. The third kappa shape index (κ3) is 6.46. The van der Waals surface area contributed by atoms with Crippen LogP contribution in [0.1, 0.15) is 76.6 Å². The van der Waals surface area contributed by atoms with Crippen LogP contribution in [0.4, 0.5) is 34.1 Å². The fourth-order valence-corrected chi connectivity index (χ4v) is 10.8. The molecule has 0 aliphatic heterocycles. The molecule has 0 fully saturated rings. The van der Waals surface area contributed by atoms with Gasteiger partial charge in [0.15, 0.2) is 0 Å². The summed E-state index contributed by atoms with van der Waals surface area (Å²) in [5.74, 6) is 0. The largest absolute Gasteiger partial charge is 0.310 e. The smallest absolute Gasteiger partial charge is 0.0540 e. The summed E-state index contributed by atoms with van der Waals surface area (Å²) in [7, 11) is 0. The SMILES string of the molecule is CC1(C)CCC(C)(C)c2cc(N(c3ccc(-c4ccc(N(c5ccc6c(c5)C(C)(C)c5ccccc5-6)c5cccc6ccccc56)cc4)cc3)c3cccc4ccccc34)ccc21. The Kier molecular flexibility index (Phi) is 9.03. The van der Waals surface area contributed by atoms with Crippen molar-refractivity contribution in [2.24, 2.45) is 0 Å². The van der Waals surface area contributed by atoms with E-state index in [-0.39, 0.29) is 16.2 Å². The van der Waals surface area contributed by atoms with Crippen LogP contribution in [0.25, 0.3) is 43.8 Å². The molecule has 0 radical (unpaired) electrons. The molecule has 11 rings (SSSR count). The van der Waals surface area contributed by atoms with Gasteiger partial charge in [0.1, 0.15) is 0 Å². The minimum absolute atomic E-state index is 0.0982. The second kappa shape index (κ2) is 14.6. The van der Waals surface area contributed by atoms with E-state index in [4.69, 9.17) is 0 Å². The lowest BCUT2D eigenvalue weighted by Crippen LogP contribution is -2.34. The monoisotopic (exact) mass is 814 g/mol. The lowest BCUT2D eigenvalue weighted by atomic mass is 9.63. The van der Waals surface area contributed by atoms with Crippen molar-refractivity contribution in [2.75, 3.05) is 9.80 Å². The quantitative estimate of drug-likeness (QED) is 0.158. The summed E-state index contributed by atoms with van der Waals surface area (Å²) in [6.07, 6.45) is 2.38. The summed E-state index contributed by atoms with van der Waals surface area (Å²) in [5.41, 5.74) is 17.9. The van der Waals surface area contributed by atoms with Gasteiger partial charge in [-0.1, -0.05) is 175 Å². The molecule has 9 aromatic rings. The molecule has 2 aliphatic carbocycles. The number of rotatable bonds is 7. The van der Waals surface area contributed by atoms with Crippen molar-refractivity contribution in [1.29, 1.82) is 0 Å². The maximum Gasteiger partial charge on any atom is 0.0540 e. The van der Waals surface area contributed by atoms with E-state index >= 15 is 0 Å². The highest BCUT2D eigenvalue weighted by atomic mass is 15.1. The zero-order chi connectivity index (χ0) is 43.1. The summed E-state index contributed by atoms with van der Waals surface area (Å²) in [5, 5.41) is 4.93. The Labute approximate surface area is 373 Å². The van der Waals surface area contributed by atoms with Crippen LogP contribution < -0.4 is 9.80 Å². The first kappa shape index (κ1) is 39.0. The van der Waals surface area contributed by atoms with E-state index in [2.05, 4.69) is 245 Å². The van der Waals surface area contributed by atoms with E-state index in [0.29, 0.717) is 0 Å². The van der Waals surface area contributed by atoms with Gasteiger partial charge in [-0.2, -0.15) is 0 Å². The van der Waals surface area contributed by atoms with E-state index in [0.717, 1.165) is 17.1 Å². The van der Waals surface area contributed by atoms with Crippen molar-refractivity contribution in [3.05, 3.63) is 216 Å². The minimum Gasteiger partial charge on any atom is -0.310 e. The molecule has 0 heterocycles. The van der Waals surface area contributed by atoms with Crippen LogP contribution in [0.5, 0.6) is 0 Å². The lowest BCUT2D eigenvalue weighted by molar-refractivity contribution is 0.332. The average molecular weight is 815 g/mol. The van der Waals surface area contributed by atoms with E-state index < -0.39 is 0 Å². The zero-order valence-corrected chi connectivity index (χ0v) is 37.3. The van der Waals surface area contributed by atoms with E-state index in [1.54, 1.807) is 0 Å². The lowest BCUT2D eigenvalue weighted by Gasteiger charge is -2.42. The fourth-order valence-electron chi connectivity index (χ4n) is 10.8. The van der Waals surface area contributed by atoms with Crippen LogP contribution >= 0.6 is 0 Å². The molecule has 2 aliphatic rings. The molecule has 0 saturated carbocycles. The summed E-state index contributed by atoms with van der Waals surface area (Å²) in [6, 6.07) is 72.3. The molecule has 2 heteroatoms. The Morgan fingerprint density at radius 1 is 0.333 bits per heavy atom. The van der Waals surface area contributed by atoms with Crippen molar-refractivity contribution < 1.29 is 0 Å². The Bertz CT molecular complexity index is 3190. The molecule has 0 bridgehead atoms. The van der Waals surface area contributed by atoms with Crippen molar-refractivity contribution in [3.63, 3.8) is 0 Å². The number of nitrogens with zero attached hydrogens (tertiary/aromatic N) is 2. The zero-order valence-electron chi connectivity index (χ0n) is 37.3. The van der Waals surface area contributed by atoms with Crippen molar-refractivity contribution in [2.45, 2.75) is 70.6 Å². The van der Waals surface area contributed by atoms with Gasteiger partial charge in [0, 0.05) is 38.9 Å². The van der Waals surface area contributed by atoms with Crippen LogP contribution in [0.2, 0.25) is 0 Å². The Morgan fingerprint density at radius 3 is 1.33 bits per heavy atom. The molecule has 9 aromatic carbocycles. The van der Waals surface area contributed by atoms with Crippen molar-refractivity contribution >= 4 is 55.7 Å². The molecule has 0 spiro atoms. The van der Waals surface area contributed by atoms with Gasteiger partial charge in [0.2, 0.25) is 0 Å². The van der Waals surface area contributed by atoms with Gasteiger partial charge in [0.05, 0.1) is 11.4 Å². The Balaban J connectivity index is 0.987. The molecule has 0 saturated heterocycles. The van der Waals surface area contributed by atoms with E-state index in [1.807, 2.05) is 0 Å². The first-order valence-corrected chi connectivity index (χ1v) is 22.6. The van der Waals surface area contributed by atoms with Crippen LogP contribution in [0.15, 0.2) is 194 Å². The molecule has 0 unspecified atom stereocenters. The fraction of sp³-hybridized carbons (Fsp3) is 0.180. The highest BCUT2D eigenvalue weighted by Crippen LogP contribution is 2.52. The topological polar surface area (TPSA) is 6.48 Å². The van der Waals surface area contributed by atoms with Gasteiger partial charge in [-0.05, 0) is 140 Å². The minimum atomic E-state index is -0.0982. The molecule has 2 nitrogen and oxygen atoms in total. The summed E-state index contributed by atoms with van der Waals surface area (Å²) in [6.45, 7) is 14.4. The molecule has 308 valence electrons. The predicted molar refractivity (Wildman–Crippen MR) is 269 cm³/mol. The van der Waals surface area contributed by atoms with Crippen molar-refractivity contribution in [3.8, 4) is 22.3 Å². The molecule has 0 aromatic heterocycles. The normalized spacial score (nSPS) is 15.4. The third-order valence-electron chi connectivity index (χ3n) is 14.5. The van der Waals surface area contributed by atoms with E-state index in [1.165, 1.54) is 96.0 Å². The van der Waals surface area contributed by atoms with Crippen molar-refractivity contribution in [1.82, 2.24) is 0 Å². The number of anilines is 6. The summed E-state index contributed by atoms with van der Waals surface area (Å²) >= 11 is 0. The summed E-state index contributed by atoms with van der Waals surface area (Å²) in [4.78, 5) is 4.91. The molecule has 63 heavy (non-hydrogen) atoms. The number of fused-ring (bicyclic) bond motifs is 6. The van der Waals surface area contributed by atoms with Crippen LogP contribution in [0.3, 0.4) is 0 Å². The number of hydrogen-bond donors (Lipinski definition) is 0. The molecule has 0 amide bonds. The highest BCUT2D eigenvalue weighted by molar-refractivity contribution is 6.01. The average Bonchev–Trinajstić information content (AvgIpc) is 3.54. The number of benzene rings is 9. The molecular formula is C61H54N2. The van der Waals surface area contributed by atoms with Crippen LogP contribution in [-0.4, -0.2) is 0 Å². The second-order valence-corrected chi connectivity index (χ2v) is 19.7. The Hall–Kier alpha value is -6.90. The summed E-state index contributed by atoms with van der Waals surface area (Å²) < 4.78 is 0. The van der Waals surface area contributed by atoms with Gasteiger partial charge in [-0.3, -0.25) is 0 Å². The first-order valence-electron chi connectivity index (χ1n) is 22.6. The number of hydrogen-bond acceptors (Lipinski definition) is 2. The second-order valence-electron chi connectivity index (χ2n) is 19.7. The molecular weight excluding hydrogens is 761 g/mol. The van der Waals surface area contributed by atoms with Gasteiger partial charge < -0.3 is 9.80 Å². The standard InChI is InChI=1S/C61H54N2/c1-59(2)37-38-60(3,4)56-40-48(34-36-54(56)59)63(58-24-14-18-44-16-8-10-20-50(44)58)46-31-27-42(28-32-46)41-25-29-45(30-26-41)62(57-23-13-17-43-15-7-9-19-49(43)57)47-33-35-52-51-21-11-12-22-53(51)61(5,6)55(52)39-47/h7-36,39-40H,37-38H2,1-6H3. The first-order chi connectivity index (χ1) is 30.5. The predicted octanol–water partition coefficient (Wildman–Crippen LogP) is 17.3. The van der Waals surface area contributed by atoms with Gasteiger partial charge in [-0.25, -0.2) is 0 Å².